The van der Waals surface area contributed by atoms with E-state index in [4.69, 9.17) is 11.6 Å². The highest BCUT2D eigenvalue weighted by molar-refractivity contribution is 7.89. The smallest absolute Gasteiger partial charge is 0.334 e. The van der Waals surface area contributed by atoms with Crippen molar-refractivity contribution < 1.29 is 22.6 Å². The highest BCUT2D eigenvalue weighted by Gasteiger charge is 2.57. The summed E-state index contributed by atoms with van der Waals surface area (Å²) < 4.78 is 28.0. The van der Waals surface area contributed by atoms with Crippen LogP contribution in [0.25, 0.3) is 10.8 Å². The number of nitrogens with zero attached hydrogens (tertiary/aromatic N) is 3. The van der Waals surface area contributed by atoms with E-state index in [1.807, 2.05) is 0 Å². The molecular weight excluding hydrogens is 450 g/mol. The van der Waals surface area contributed by atoms with Crippen LogP contribution in [0.15, 0.2) is 41.3 Å². The summed E-state index contributed by atoms with van der Waals surface area (Å²) in [5, 5.41) is 2.14. The molecule has 0 spiro atoms. The average Bonchev–Trinajstić information content (AvgIpc) is 3.19. The average molecular weight is 479 g/mol. The lowest BCUT2D eigenvalue weighted by Gasteiger charge is -2.42. The zero-order chi connectivity index (χ0) is 23.1. The molecule has 2 aliphatic rings. The Balaban J connectivity index is 1.72. The van der Waals surface area contributed by atoms with Gasteiger partial charge in [0, 0.05) is 24.5 Å². The molecule has 2 aliphatic heterocycles. The Bertz CT molecular complexity index is 1160. The predicted molar refractivity (Wildman–Crippen MR) is 123 cm³/mol. The second-order valence-electron chi connectivity index (χ2n) is 8.70. The van der Waals surface area contributed by atoms with Gasteiger partial charge in [-0.1, -0.05) is 23.7 Å². The fourth-order valence-corrected chi connectivity index (χ4v) is 6.70. The quantitative estimate of drug-likeness (QED) is 0.616. The molecule has 0 bridgehead atoms. The topological polar surface area (TPSA) is 74.8 Å². The number of halogens is 1. The summed E-state index contributed by atoms with van der Waals surface area (Å²) >= 11 is 6.05. The third-order valence-corrected chi connectivity index (χ3v) is 8.98. The van der Waals surface area contributed by atoms with Gasteiger partial charge in [-0.25, -0.2) is 13.2 Å². The number of sulfonamides is 1. The summed E-state index contributed by atoms with van der Waals surface area (Å²) in [6, 6.07) is 9.27. The lowest BCUT2D eigenvalue weighted by atomic mass is 10.1. The first-order valence-electron chi connectivity index (χ1n) is 11.1. The molecule has 4 rings (SSSR count). The van der Waals surface area contributed by atoms with Crippen LogP contribution in [0.3, 0.4) is 0 Å². The van der Waals surface area contributed by atoms with Gasteiger partial charge in [-0.15, -0.1) is 0 Å². The fourth-order valence-electron chi connectivity index (χ4n) is 5.00. The Morgan fingerprint density at radius 3 is 2.38 bits per heavy atom. The van der Waals surface area contributed by atoms with Crippen LogP contribution < -0.4 is 0 Å². The molecule has 0 N–H and O–H groups in total. The van der Waals surface area contributed by atoms with Gasteiger partial charge in [0.1, 0.15) is 6.54 Å². The number of benzene rings is 2. The van der Waals surface area contributed by atoms with Crippen molar-refractivity contribution in [2.24, 2.45) is 0 Å². The molecule has 2 aromatic rings. The third-order valence-electron chi connectivity index (χ3n) is 6.91. The van der Waals surface area contributed by atoms with Gasteiger partial charge in [0.25, 0.3) is 15.9 Å². The van der Waals surface area contributed by atoms with Crippen LogP contribution in [0, 0.1) is 0 Å². The Labute approximate surface area is 194 Å². The lowest BCUT2D eigenvalue weighted by molar-refractivity contribution is -0.951. The molecule has 172 valence electrons. The second-order valence-corrected chi connectivity index (χ2v) is 11.1. The van der Waals surface area contributed by atoms with Gasteiger partial charge in [-0.2, -0.15) is 4.59 Å². The maximum Gasteiger partial charge on any atom is 0.334 e. The highest BCUT2D eigenvalue weighted by Crippen LogP contribution is 2.34. The van der Waals surface area contributed by atoms with E-state index >= 15 is 0 Å². The zero-order valence-electron chi connectivity index (χ0n) is 18.5. The Kier molecular flexibility index (Phi) is 6.33. The van der Waals surface area contributed by atoms with E-state index in [0.717, 1.165) is 34.4 Å². The minimum atomic E-state index is -4.04. The first-order chi connectivity index (χ1) is 15.2. The van der Waals surface area contributed by atoms with Crippen molar-refractivity contribution in [2.45, 2.75) is 50.0 Å². The minimum absolute atomic E-state index is 0.0876. The standard InChI is InChI=1S/C23H29ClN3O4S/c1-17(23(29)26-12-4-3-5-13-26)27(14-6-7-22(27)28)25(2)32(30,31)21-11-9-18-15-20(24)10-8-19(18)16-21/h8-11,15-17H,3-7,12-14H2,1-2H3/q+1/t17-,27?/m0/s1. The van der Waals surface area contributed by atoms with Crippen molar-refractivity contribution >= 4 is 44.2 Å². The SMILES string of the molecule is C[C@@H](C(=O)N1CCCCC1)[N+]1(N(C)S(=O)(=O)c2ccc3cc(Cl)ccc3c2)CCCC1=O. The van der Waals surface area contributed by atoms with Crippen LogP contribution in [0.4, 0.5) is 0 Å². The van der Waals surface area contributed by atoms with Gasteiger partial charge in [0.2, 0.25) is 0 Å². The van der Waals surface area contributed by atoms with E-state index in [1.165, 1.54) is 13.1 Å². The van der Waals surface area contributed by atoms with E-state index in [9.17, 15) is 18.0 Å². The number of piperidine rings is 1. The first-order valence-corrected chi connectivity index (χ1v) is 12.9. The molecule has 9 heteroatoms. The normalized spacial score (nSPS) is 23.1. The maximum atomic E-state index is 13.7. The van der Waals surface area contributed by atoms with Crippen molar-refractivity contribution in [3.8, 4) is 0 Å². The Morgan fingerprint density at radius 2 is 1.72 bits per heavy atom. The van der Waals surface area contributed by atoms with Gasteiger partial charge < -0.3 is 4.90 Å². The van der Waals surface area contributed by atoms with Crippen LogP contribution in [0.5, 0.6) is 0 Å². The third kappa shape index (κ3) is 3.83. The number of amides is 2. The number of quaternary nitrogens is 1. The number of hydrogen-bond acceptors (Lipinski definition) is 4. The molecule has 0 aromatic heterocycles. The molecule has 2 heterocycles. The number of rotatable bonds is 5. The zero-order valence-corrected chi connectivity index (χ0v) is 20.0. The predicted octanol–water partition coefficient (Wildman–Crippen LogP) is 3.57. The summed E-state index contributed by atoms with van der Waals surface area (Å²) in [4.78, 5) is 28.4. The van der Waals surface area contributed by atoms with Crippen LogP contribution in [0.1, 0.15) is 39.0 Å². The summed E-state index contributed by atoms with van der Waals surface area (Å²) in [7, 11) is -2.62. The Morgan fingerprint density at radius 1 is 1.06 bits per heavy atom. The molecule has 2 atom stereocenters. The molecular formula is C23H29ClN3O4S+. The van der Waals surface area contributed by atoms with E-state index < -0.39 is 20.7 Å². The summed E-state index contributed by atoms with van der Waals surface area (Å²) in [6.45, 7) is 3.29. The summed E-state index contributed by atoms with van der Waals surface area (Å²) in [5.41, 5.74) is 0. The van der Waals surface area contributed by atoms with Crippen LogP contribution in [-0.4, -0.2) is 66.9 Å². The number of carbonyl (C=O) groups is 2. The Hall–Kier alpha value is -2.00. The first kappa shape index (κ1) is 23.2. The van der Waals surface area contributed by atoms with Crippen LogP contribution in [0.2, 0.25) is 5.02 Å². The number of fused-ring (bicyclic) bond motifs is 1. The van der Waals surface area contributed by atoms with E-state index in [1.54, 1.807) is 42.2 Å². The monoisotopic (exact) mass is 478 g/mol. The van der Waals surface area contributed by atoms with Gasteiger partial charge >= 0.3 is 5.91 Å². The molecule has 2 fully saturated rings. The van der Waals surface area contributed by atoms with Gasteiger partial charge in [-0.3, -0.25) is 4.79 Å². The van der Waals surface area contributed by atoms with Crippen LogP contribution >= 0.6 is 11.6 Å². The number of carbonyl (C=O) groups excluding carboxylic acids is 2. The lowest BCUT2D eigenvalue weighted by Crippen LogP contribution is -2.69. The molecule has 7 nitrogen and oxygen atoms in total. The maximum absolute atomic E-state index is 13.7. The second kappa shape index (κ2) is 8.74. The van der Waals surface area contributed by atoms with Crippen molar-refractivity contribution in [1.29, 1.82) is 0 Å². The van der Waals surface area contributed by atoms with Gasteiger partial charge in [0.15, 0.2) is 6.04 Å². The molecule has 2 amide bonds. The van der Waals surface area contributed by atoms with E-state index in [0.29, 0.717) is 31.1 Å². The fraction of sp³-hybridized carbons (Fsp3) is 0.478. The largest absolute Gasteiger partial charge is 0.337 e. The highest BCUT2D eigenvalue weighted by atomic mass is 35.5. The molecule has 1 unspecified atom stereocenters. The molecule has 2 saturated heterocycles. The van der Waals surface area contributed by atoms with Gasteiger partial charge in [-0.05, 0) is 65.6 Å². The minimum Gasteiger partial charge on any atom is -0.337 e. The number of hydrogen-bond donors (Lipinski definition) is 0. The molecule has 32 heavy (non-hydrogen) atoms. The van der Waals surface area contributed by atoms with Crippen molar-refractivity contribution in [2.75, 3.05) is 26.7 Å². The molecule has 0 radical (unpaired) electrons. The van der Waals surface area contributed by atoms with Gasteiger partial charge in [0.05, 0.1) is 18.4 Å². The van der Waals surface area contributed by atoms with Crippen molar-refractivity contribution in [3.63, 3.8) is 0 Å². The summed E-state index contributed by atoms with van der Waals surface area (Å²) in [5.74, 6) is -0.392. The van der Waals surface area contributed by atoms with Crippen molar-refractivity contribution in [1.82, 2.24) is 9.31 Å². The summed E-state index contributed by atoms with van der Waals surface area (Å²) in [6.07, 6.45) is 3.75. The molecule has 0 saturated carbocycles. The molecule has 2 aromatic carbocycles. The molecule has 0 aliphatic carbocycles. The van der Waals surface area contributed by atoms with E-state index in [2.05, 4.69) is 0 Å². The van der Waals surface area contributed by atoms with E-state index in [-0.39, 0.29) is 23.1 Å². The van der Waals surface area contributed by atoms with Crippen LogP contribution in [-0.2, 0) is 19.6 Å². The van der Waals surface area contributed by atoms with Crippen molar-refractivity contribution in [3.05, 3.63) is 41.4 Å². The number of likely N-dealkylation sites (tertiary alicyclic amines) is 2.